The number of nitrogens with one attached hydrogen (secondary N) is 2. The highest BCUT2D eigenvalue weighted by Gasteiger charge is 2.31. The smallest absolute Gasteiger partial charge is 0.320 e. The number of amides is 3. The van der Waals surface area contributed by atoms with Gasteiger partial charge < -0.3 is 20.1 Å². The summed E-state index contributed by atoms with van der Waals surface area (Å²) in [6.07, 6.45) is 3.91. The van der Waals surface area contributed by atoms with Gasteiger partial charge in [0.15, 0.2) is 4.80 Å². The highest BCUT2D eigenvalue weighted by molar-refractivity contribution is 7.09. The number of aryl methyl sites for hydroxylation is 1. The van der Waals surface area contributed by atoms with Crippen molar-refractivity contribution < 1.29 is 9.59 Å². The van der Waals surface area contributed by atoms with Crippen molar-refractivity contribution in [2.75, 3.05) is 25.5 Å². The topological polar surface area (TPSA) is 78.7 Å². The average molecular weight is 535 g/mol. The van der Waals surface area contributed by atoms with Crippen molar-refractivity contribution in [3.63, 3.8) is 0 Å². The number of carbonyl (C=O) groups excluding carboxylic acids is 2. The molecule has 2 heterocycles. The van der Waals surface area contributed by atoms with Gasteiger partial charge in [0.25, 0.3) is 0 Å². The minimum atomic E-state index is -0.768. The molecule has 4 rings (SSSR count). The lowest BCUT2D eigenvalue weighted by Crippen LogP contribution is -2.46. The Balaban J connectivity index is 0.00000342. The highest BCUT2D eigenvalue weighted by atomic mass is 35.5. The molecule has 1 fully saturated rings. The lowest BCUT2D eigenvalue weighted by Gasteiger charge is -2.34. The molecule has 1 aliphatic rings. The third kappa shape index (κ3) is 6.66. The van der Waals surface area contributed by atoms with Crippen LogP contribution in [0, 0.1) is 0 Å². The van der Waals surface area contributed by atoms with Crippen LogP contribution in [-0.2, 0) is 11.8 Å². The Hall–Kier alpha value is -2.81. The van der Waals surface area contributed by atoms with Crippen LogP contribution < -0.4 is 15.4 Å². The first-order chi connectivity index (χ1) is 16.4. The second-order valence-corrected chi connectivity index (χ2v) is 9.78. The summed E-state index contributed by atoms with van der Waals surface area (Å²) in [6.45, 7) is 1.29. The van der Waals surface area contributed by atoms with E-state index in [1.165, 1.54) is 4.88 Å². The maximum Gasteiger partial charge on any atom is 0.320 e. The Morgan fingerprint density at radius 3 is 2.34 bits per heavy atom. The van der Waals surface area contributed by atoms with Crippen LogP contribution in [0.25, 0.3) is 0 Å². The number of benzene rings is 2. The van der Waals surface area contributed by atoms with Crippen molar-refractivity contribution >= 4 is 53.0 Å². The van der Waals surface area contributed by atoms with E-state index in [1.807, 2.05) is 46.8 Å². The van der Waals surface area contributed by atoms with Crippen LogP contribution in [-0.4, -0.2) is 41.5 Å². The molecular weight excluding hydrogens is 505 g/mol. The summed E-state index contributed by atoms with van der Waals surface area (Å²) in [5.74, 6) is 0.309. The number of rotatable bonds is 5. The minimum Gasteiger partial charge on any atom is -0.341 e. The Kier molecular flexibility index (Phi) is 9.37. The van der Waals surface area contributed by atoms with Crippen LogP contribution in [0.1, 0.15) is 35.2 Å². The summed E-state index contributed by atoms with van der Waals surface area (Å²) in [6, 6.07) is 15.0. The van der Waals surface area contributed by atoms with Gasteiger partial charge in [-0.3, -0.25) is 9.79 Å². The number of aromatic nitrogens is 1. The number of urea groups is 1. The highest BCUT2D eigenvalue weighted by Crippen LogP contribution is 2.31. The lowest BCUT2D eigenvalue weighted by molar-refractivity contribution is -0.134. The zero-order chi connectivity index (χ0) is 24.1. The molecule has 3 aromatic rings. The van der Waals surface area contributed by atoms with E-state index >= 15 is 0 Å². The minimum absolute atomic E-state index is 0. The average Bonchev–Trinajstić information content (AvgIpc) is 3.25. The molecule has 0 saturated carbocycles. The molecular formula is C25H29Cl2N5O2S. The summed E-state index contributed by atoms with van der Waals surface area (Å²) in [4.78, 5) is 34.7. The molecule has 0 unspecified atom stereocenters. The Morgan fingerprint density at radius 2 is 1.74 bits per heavy atom. The van der Waals surface area contributed by atoms with E-state index in [2.05, 4.69) is 21.8 Å². The van der Waals surface area contributed by atoms with Gasteiger partial charge in [0.05, 0.1) is 0 Å². The molecule has 0 aliphatic carbocycles. The van der Waals surface area contributed by atoms with Gasteiger partial charge in [-0.1, -0.05) is 41.9 Å². The van der Waals surface area contributed by atoms with Crippen molar-refractivity contribution in [1.82, 2.24) is 14.8 Å². The second-order valence-electron chi connectivity index (χ2n) is 8.30. The normalized spacial score (nSPS) is 15.3. The molecule has 1 aromatic heterocycles. The number of carbonyl (C=O) groups is 2. The number of hydrogen-bond donors (Lipinski definition) is 2. The number of hydrogen-bond acceptors (Lipinski definition) is 4. The Bertz CT molecular complexity index is 1200. The molecule has 10 heteroatoms. The van der Waals surface area contributed by atoms with E-state index in [1.54, 1.807) is 42.6 Å². The van der Waals surface area contributed by atoms with E-state index in [0.29, 0.717) is 29.7 Å². The zero-order valence-corrected chi connectivity index (χ0v) is 22.0. The van der Waals surface area contributed by atoms with Gasteiger partial charge in [0.2, 0.25) is 5.91 Å². The molecule has 2 aromatic carbocycles. The van der Waals surface area contributed by atoms with Crippen LogP contribution in [0.15, 0.2) is 65.8 Å². The maximum absolute atomic E-state index is 13.5. The molecule has 0 bridgehead atoms. The fourth-order valence-corrected chi connectivity index (χ4v) is 5.41. The van der Waals surface area contributed by atoms with Crippen molar-refractivity contribution in [2.45, 2.75) is 24.8 Å². The summed E-state index contributed by atoms with van der Waals surface area (Å²) in [5.41, 5.74) is 1.35. The van der Waals surface area contributed by atoms with Gasteiger partial charge in [-0.15, -0.1) is 23.7 Å². The number of halogens is 2. The molecule has 3 amide bonds. The van der Waals surface area contributed by atoms with Crippen molar-refractivity contribution in [3.05, 3.63) is 81.1 Å². The molecule has 2 N–H and O–H groups in total. The van der Waals surface area contributed by atoms with Crippen LogP contribution in [0.4, 0.5) is 10.5 Å². The van der Waals surface area contributed by atoms with Crippen molar-refractivity contribution in [2.24, 2.45) is 12.0 Å². The van der Waals surface area contributed by atoms with Crippen LogP contribution in [0.5, 0.6) is 0 Å². The van der Waals surface area contributed by atoms with E-state index in [0.717, 1.165) is 23.2 Å². The van der Waals surface area contributed by atoms with Gasteiger partial charge in [0, 0.05) is 49.0 Å². The monoisotopic (exact) mass is 533 g/mol. The van der Waals surface area contributed by atoms with E-state index in [9.17, 15) is 9.59 Å². The molecule has 0 spiro atoms. The standard InChI is InChI=1S/C25H28ClN5O2S.ClH/c1-27-25-30(2)16-21(34-25)17-12-14-31(15-13-17)23(32)22(18-6-4-3-5-7-18)29-24(33)28-20-10-8-19(26)9-11-20;/h3-11,16-17,22H,12-15H2,1-2H3,(H2,28,29,33);1H/b27-25-;/t22-;/m1./s1. The van der Waals surface area contributed by atoms with E-state index in [4.69, 9.17) is 11.6 Å². The van der Waals surface area contributed by atoms with E-state index < -0.39 is 12.1 Å². The summed E-state index contributed by atoms with van der Waals surface area (Å²) in [5, 5.41) is 6.23. The largest absolute Gasteiger partial charge is 0.341 e. The third-order valence-electron chi connectivity index (χ3n) is 5.99. The molecule has 0 radical (unpaired) electrons. The zero-order valence-electron chi connectivity index (χ0n) is 19.6. The van der Waals surface area contributed by atoms with Crippen molar-refractivity contribution in [1.29, 1.82) is 0 Å². The quantitative estimate of drug-likeness (QED) is 0.486. The molecule has 35 heavy (non-hydrogen) atoms. The first-order valence-corrected chi connectivity index (χ1v) is 12.4. The molecule has 1 atom stereocenters. The second kappa shape index (κ2) is 12.2. The number of likely N-dealkylation sites (tertiary alicyclic amines) is 1. The van der Waals surface area contributed by atoms with Crippen molar-refractivity contribution in [3.8, 4) is 0 Å². The van der Waals surface area contributed by atoms with E-state index in [-0.39, 0.29) is 18.3 Å². The predicted molar refractivity (Wildman–Crippen MR) is 143 cm³/mol. The maximum atomic E-state index is 13.5. The molecule has 1 aliphatic heterocycles. The summed E-state index contributed by atoms with van der Waals surface area (Å²) < 4.78 is 2.05. The number of thiazole rings is 1. The molecule has 7 nitrogen and oxygen atoms in total. The first-order valence-electron chi connectivity index (χ1n) is 11.2. The Morgan fingerprint density at radius 1 is 1.09 bits per heavy atom. The van der Waals surface area contributed by atoms with Gasteiger partial charge in [-0.2, -0.15) is 0 Å². The van der Waals surface area contributed by atoms with Crippen LogP contribution >= 0.6 is 35.3 Å². The first kappa shape index (κ1) is 26.8. The van der Waals surface area contributed by atoms with Crippen LogP contribution in [0.2, 0.25) is 5.02 Å². The van der Waals surface area contributed by atoms with Gasteiger partial charge in [-0.05, 0) is 48.6 Å². The lowest BCUT2D eigenvalue weighted by atomic mass is 9.94. The SMILES string of the molecule is C/N=c1\sc(C2CCN(C(=O)[C@H](NC(=O)Nc3ccc(Cl)cc3)c3ccccc3)CC2)cn1C.Cl. The third-order valence-corrected chi connectivity index (χ3v) is 7.57. The number of nitrogens with zero attached hydrogens (tertiary/aromatic N) is 3. The fourth-order valence-electron chi connectivity index (χ4n) is 4.17. The predicted octanol–water partition coefficient (Wildman–Crippen LogP) is 4.96. The van der Waals surface area contributed by atoms with Crippen LogP contribution in [0.3, 0.4) is 0 Å². The van der Waals surface area contributed by atoms with Gasteiger partial charge in [-0.25, -0.2) is 4.79 Å². The fraction of sp³-hybridized carbons (Fsp3) is 0.320. The van der Waals surface area contributed by atoms with Gasteiger partial charge in [0.1, 0.15) is 6.04 Å². The number of anilines is 1. The summed E-state index contributed by atoms with van der Waals surface area (Å²) >= 11 is 7.63. The molecule has 1 saturated heterocycles. The number of piperidine rings is 1. The Labute approximate surface area is 220 Å². The van der Waals surface area contributed by atoms with Gasteiger partial charge >= 0.3 is 6.03 Å². The summed E-state index contributed by atoms with van der Waals surface area (Å²) in [7, 11) is 3.81. The molecule has 186 valence electrons.